The smallest absolute Gasteiger partial charge is 0.264 e. The minimum absolute atomic E-state index is 0.125. The Morgan fingerprint density at radius 2 is 1.64 bits per heavy atom. The Morgan fingerprint density at radius 3 is 2.14 bits per heavy atom. The molecule has 0 fully saturated rings. The zero-order valence-electron chi connectivity index (χ0n) is 12.9. The lowest BCUT2D eigenvalue weighted by Gasteiger charge is -2.21. The summed E-state index contributed by atoms with van der Waals surface area (Å²) >= 11 is 6.03. The van der Waals surface area contributed by atoms with E-state index in [2.05, 4.69) is 0 Å². The molecule has 0 amide bonds. The van der Waals surface area contributed by atoms with Crippen LogP contribution in [-0.4, -0.2) is 22.6 Å². The van der Waals surface area contributed by atoms with E-state index < -0.39 is 10.0 Å². The number of hydrogen-bond donors (Lipinski definition) is 0. The van der Waals surface area contributed by atoms with E-state index in [1.54, 1.807) is 6.07 Å². The van der Waals surface area contributed by atoms with Crippen LogP contribution in [0, 0.1) is 13.8 Å². The first kappa shape index (κ1) is 16.6. The van der Waals surface area contributed by atoms with Crippen LogP contribution in [0.3, 0.4) is 0 Å². The number of anilines is 1. The summed E-state index contributed by atoms with van der Waals surface area (Å²) in [4.78, 5) is 0.125. The number of sulfonamides is 1. The Balaban J connectivity index is 2.47. The minimum Gasteiger partial charge on any atom is -0.495 e. The second kappa shape index (κ2) is 6.18. The summed E-state index contributed by atoms with van der Waals surface area (Å²) in [6, 6.07) is 10.1. The third-order valence-corrected chi connectivity index (χ3v) is 5.43. The van der Waals surface area contributed by atoms with Gasteiger partial charge in [-0.15, -0.1) is 0 Å². The van der Waals surface area contributed by atoms with Gasteiger partial charge in [0.2, 0.25) is 0 Å². The fourth-order valence-corrected chi connectivity index (χ4v) is 3.77. The van der Waals surface area contributed by atoms with Crippen LogP contribution in [0.25, 0.3) is 0 Å². The van der Waals surface area contributed by atoms with Gasteiger partial charge in [-0.1, -0.05) is 17.7 Å². The molecule has 0 aliphatic rings. The Hall–Kier alpha value is -1.72. The second-order valence-electron chi connectivity index (χ2n) is 5.11. The molecule has 0 heterocycles. The maximum atomic E-state index is 12.7. The second-order valence-corrected chi connectivity index (χ2v) is 7.49. The number of methoxy groups -OCH3 is 1. The van der Waals surface area contributed by atoms with Crippen LogP contribution >= 0.6 is 11.6 Å². The van der Waals surface area contributed by atoms with Gasteiger partial charge in [0.1, 0.15) is 5.75 Å². The van der Waals surface area contributed by atoms with E-state index in [0.29, 0.717) is 11.4 Å². The summed E-state index contributed by atoms with van der Waals surface area (Å²) in [7, 11) is -0.667. The van der Waals surface area contributed by atoms with Crippen LogP contribution in [0.2, 0.25) is 5.02 Å². The SMILES string of the molecule is COc1ccc(S(=O)(=O)N(C)c2cc(C)cc(C)c2)cc1Cl. The number of ether oxygens (including phenoxy) is 1. The van der Waals surface area contributed by atoms with Crippen molar-refractivity contribution in [1.82, 2.24) is 0 Å². The maximum Gasteiger partial charge on any atom is 0.264 e. The fourth-order valence-electron chi connectivity index (χ4n) is 2.24. The summed E-state index contributed by atoms with van der Waals surface area (Å²) in [5.74, 6) is 0.440. The minimum atomic E-state index is -3.68. The van der Waals surface area contributed by atoms with Crippen LogP contribution in [0.5, 0.6) is 5.75 Å². The molecule has 0 aliphatic carbocycles. The van der Waals surface area contributed by atoms with Crippen LogP contribution in [0.4, 0.5) is 5.69 Å². The zero-order valence-corrected chi connectivity index (χ0v) is 14.5. The molecule has 22 heavy (non-hydrogen) atoms. The number of benzene rings is 2. The molecular weight excluding hydrogens is 322 g/mol. The highest BCUT2D eigenvalue weighted by Gasteiger charge is 2.22. The van der Waals surface area contributed by atoms with E-state index in [1.165, 1.54) is 30.6 Å². The van der Waals surface area contributed by atoms with Crippen molar-refractivity contribution in [2.75, 3.05) is 18.5 Å². The summed E-state index contributed by atoms with van der Waals surface area (Å²) in [5, 5.41) is 0.261. The highest BCUT2D eigenvalue weighted by Crippen LogP contribution is 2.30. The van der Waals surface area contributed by atoms with Crippen molar-refractivity contribution in [1.29, 1.82) is 0 Å². The average molecular weight is 340 g/mol. The topological polar surface area (TPSA) is 46.6 Å². The lowest BCUT2D eigenvalue weighted by Crippen LogP contribution is -2.26. The predicted molar refractivity (Wildman–Crippen MR) is 89.5 cm³/mol. The van der Waals surface area contributed by atoms with Gasteiger partial charge in [0, 0.05) is 7.05 Å². The van der Waals surface area contributed by atoms with Gasteiger partial charge in [-0.3, -0.25) is 4.31 Å². The molecule has 6 heteroatoms. The highest BCUT2D eigenvalue weighted by atomic mass is 35.5. The van der Waals surface area contributed by atoms with Crippen LogP contribution in [0.1, 0.15) is 11.1 Å². The molecule has 0 spiro atoms. The van der Waals surface area contributed by atoms with Crippen molar-refractivity contribution in [2.24, 2.45) is 0 Å². The molecule has 2 aromatic rings. The molecular formula is C16H18ClNO3S. The Bertz CT molecular complexity index is 783. The van der Waals surface area contributed by atoms with Crippen molar-refractivity contribution in [3.63, 3.8) is 0 Å². The Morgan fingerprint density at radius 1 is 1.05 bits per heavy atom. The molecule has 0 aliphatic heterocycles. The van der Waals surface area contributed by atoms with E-state index in [4.69, 9.17) is 16.3 Å². The molecule has 118 valence electrons. The van der Waals surface area contributed by atoms with Gasteiger partial charge >= 0.3 is 0 Å². The van der Waals surface area contributed by atoms with Gasteiger partial charge in [-0.2, -0.15) is 0 Å². The zero-order chi connectivity index (χ0) is 16.5. The van der Waals surface area contributed by atoms with Crippen molar-refractivity contribution >= 4 is 27.3 Å². The van der Waals surface area contributed by atoms with Crippen molar-refractivity contribution in [3.05, 3.63) is 52.5 Å². The Labute approximate surface area is 136 Å². The van der Waals surface area contributed by atoms with Gasteiger partial charge in [0.15, 0.2) is 0 Å². The maximum absolute atomic E-state index is 12.7. The molecule has 0 aromatic heterocycles. The molecule has 0 saturated carbocycles. The van der Waals surface area contributed by atoms with Gasteiger partial charge in [-0.05, 0) is 55.3 Å². The van der Waals surface area contributed by atoms with Crippen LogP contribution in [0.15, 0.2) is 41.3 Å². The first-order valence-electron chi connectivity index (χ1n) is 6.66. The number of halogens is 1. The molecule has 0 saturated heterocycles. The summed E-state index contributed by atoms with van der Waals surface area (Å²) < 4.78 is 31.8. The molecule has 2 aromatic carbocycles. The third-order valence-electron chi connectivity index (χ3n) is 3.35. The quantitative estimate of drug-likeness (QED) is 0.851. The van der Waals surface area contributed by atoms with E-state index in [-0.39, 0.29) is 9.92 Å². The van der Waals surface area contributed by atoms with Gasteiger partial charge < -0.3 is 4.74 Å². The van der Waals surface area contributed by atoms with E-state index in [0.717, 1.165) is 11.1 Å². The molecule has 0 unspecified atom stereocenters. The van der Waals surface area contributed by atoms with Crippen LogP contribution < -0.4 is 9.04 Å². The molecule has 0 bridgehead atoms. The van der Waals surface area contributed by atoms with Gasteiger partial charge in [-0.25, -0.2) is 8.42 Å². The number of rotatable bonds is 4. The number of aryl methyl sites for hydroxylation is 2. The summed E-state index contributed by atoms with van der Waals surface area (Å²) in [5.41, 5.74) is 2.62. The predicted octanol–water partition coefficient (Wildman–Crippen LogP) is 3.79. The number of hydrogen-bond acceptors (Lipinski definition) is 3. The molecule has 0 atom stereocenters. The van der Waals surface area contributed by atoms with Crippen molar-refractivity contribution < 1.29 is 13.2 Å². The fraction of sp³-hybridized carbons (Fsp3) is 0.250. The largest absolute Gasteiger partial charge is 0.495 e. The van der Waals surface area contributed by atoms with Crippen molar-refractivity contribution in [2.45, 2.75) is 18.7 Å². The monoisotopic (exact) mass is 339 g/mol. The summed E-state index contributed by atoms with van der Waals surface area (Å²) in [6.45, 7) is 3.86. The van der Waals surface area contributed by atoms with E-state index >= 15 is 0 Å². The lowest BCUT2D eigenvalue weighted by molar-refractivity contribution is 0.414. The van der Waals surface area contributed by atoms with E-state index in [1.807, 2.05) is 32.0 Å². The highest BCUT2D eigenvalue weighted by molar-refractivity contribution is 7.92. The summed E-state index contributed by atoms with van der Waals surface area (Å²) in [6.07, 6.45) is 0. The molecule has 2 rings (SSSR count). The van der Waals surface area contributed by atoms with Crippen molar-refractivity contribution in [3.8, 4) is 5.75 Å². The molecule has 0 radical (unpaired) electrons. The Kier molecular flexibility index (Phi) is 4.68. The lowest BCUT2D eigenvalue weighted by atomic mass is 10.1. The first-order chi connectivity index (χ1) is 10.3. The first-order valence-corrected chi connectivity index (χ1v) is 8.48. The molecule has 4 nitrogen and oxygen atoms in total. The van der Waals surface area contributed by atoms with Gasteiger partial charge in [0.05, 0.1) is 22.7 Å². The standard InChI is InChI=1S/C16H18ClNO3S/c1-11-7-12(2)9-13(8-11)18(3)22(19,20)14-5-6-16(21-4)15(17)10-14/h5-10H,1-4H3. The third kappa shape index (κ3) is 3.20. The number of nitrogens with zero attached hydrogens (tertiary/aromatic N) is 1. The van der Waals surface area contributed by atoms with E-state index in [9.17, 15) is 8.42 Å². The average Bonchev–Trinajstić information content (AvgIpc) is 2.45. The normalized spacial score (nSPS) is 11.3. The molecule has 0 N–H and O–H groups in total. The van der Waals surface area contributed by atoms with Crippen LogP contribution in [-0.2, 0) is 10.0 Å². The van der Waals surface area contributed by atoms with Gasteiger partial charge in [0.25, 0.3) is 10.0 Å².